The third-order valence-electron chi connectivity index (χ3n) is 5.40. The molecule has 1 aliphatic rings. The van der Waals surface area contributed by atoms with Crippen LogP contribution in [0, 0.1) is 17.2 Å². The smallest absolute Gasteiger partial charge is 0.311 e. The van der Waals surface area contributed by atoms with Gasteiger partial charge in [-0.15, -0.1) is 0 Å². The van der Waals surface area contributed by atoms with Crippen molar-refractivity contribution in [3.8, 4) is 17.6 Å². The van der Waals surface area contributed by atoms with E-state index in [0.29, 0.717) is 29.4 Å². The number of para-hydroxylation sites is 1. The summed E-state index contributed by atoms with van der Waals surface area (Å²) in [6, 6.07) is 16.9. The lowest BCUT2D eigenvalue weighted by Gasteiger charge is -2.20. The molecule has 0 bridgehead atoms. The van der Waals surface area contributed by atoms with Crippen molar-refractivity contribution in [3.63, 3.8) is 0 Å². The Labute approximate surface area is 172 Å². The summed E-state index contributed by atoms with van der Waals surface area (Å²) in [6.45, 7) is 0. The molecule has 0 heterocycles. The number of nitriles is 1. The minimum Gasteiger partial charge on any atom is -0.496 e. The Hall–Kier alpha value is -3.06. The third kappa shape index (κ3) is 5.96. The van der Waals surface area contributed by atoms with E-state index in [2.05, 4.69) is 6.07 Å². The lowest BCUT2D eigenvalue weighted by Crippen LogP contribution is -2.12. The molecular formula is C25H27NO3. The maximum Gasteiger partial charge on any atom is 0.311 e. The second kappa shape index (κ2) is 10.5. The Balaban J connectivity index is 1.67. The van der Waals surface area contributed by atoms with E-state index >= 15 is 0 Å². The van der Waals surface area contributed by atoms with Gasteiger partial charge in [0.05, 0.1) is 18.8 Å². The normalized spacial score (nSPS) is 14.8. The van der Waals surface area contributed by atoms with E-state index in [1.807, 2.05) is 36.4 Å². The Bertz CT molecular complexity index is 904. The van der Waals surface area contributed by atoms with Crippen molar-refractivity contribution in [3.05, 3.63) is 59.7 Å². The summed E-state index contributed by atoms with van der Waals surface area (Å²) in [6.07, 6.45) is 9.47. The molecule has 0 aliphatic heterocycles. The van der Waals surface area contributed by atoms with Gasteiger partial charge in [-0.25, -0.2) is 0 Å². The summed E-state index contributed by atoms with van der Waals surface area (Å²) in [5.41, 5.74) is 2.01. The molecule has 1 fully saturated rings. The Morgan fingerprint density at radius 2 is 1.93 bits per heavy atom. The van der Waals surface area contributed by atoms with E-state index in [4.69, 9.17) is 9.47 Å². The van der Waals surface area contributed by atoms with E-state index in [1.165, 1.54) is 32.1 Å². The zero-order chi connectivity index (χ0) is 20.5. The van der Waals surface area contributed by atoms with Gasteiger partial charge < -0.3 is 9.47 Å². The number of allylic oxidation sites excluding steroid dienone is 1. The highest BCUT2D eigenvalue weighted by molar-refractivity contribution is 5.91. The quantitative estimate of drug-likeness (QED) is 0.251. The first kappa shape index (κ1) is 20.7. The maximum atomic E-state index is 12.2. The number of ether oxygens (including phenoxy) is 2. The van der Waals surface area contributed by atoms with Crippen molar-refractivity contribution < 1.29 is 14.3 Å². The number of nitrogens with zero attached hydrogens (tertiary/aromatic N) is 1. The van der Waals surface area contributed by atoms with Gasteiger partial charge in [0, 0.05) is 12.0 Å². The fourth-order valence-electron chi connectivity index (χ4n) is 3.85. The van der Waals surface area contributed by atoms with E-state index in [-0.39, 0.29) is 5.97 Å². The molecule has 3 rings (SSSR count). The first-order valence-electron chi connectivity index (χ1n) is 10.3. The number of rotatable bonds is 7. The molecule has 0 radical (unpaired) electrons. The van der Waals surface area contributed by atoms with Crippen molar-refractivity contribution in [2.75, 3.05) is 7.11 Å². The van der Waals surface area contributed by atoms with Crippen LogP contribution in [0.2, 0.25) is 0 Å². The molecule has 0 unspecified atom stereocenters. The zero-order valence-electron chi connectivity index (χ0n) is 16.9. The highest BCUT2D eigenvalue weighted by Crippen LogP contribution is 2.29. The van der Waals surface area contributed by atoms with Crippen LogP contribution in [-0.4, -0.2) is 13.1 Å². The summed E-state index contributed by atoms with van der Waals surface area (Å²) in [4.78, 5) is 12.2. The first-order chi connectivity index (χ1) is 14.2. The van der Waals surface area contributed by atoms with Gasteiger partial charge in [0.2, 0.25) is 0 Å². The molecule has 1 saturated carbocycles. The Kier molecular flexibility index (Phi) is 7.47. The fraction of sp³-hybridized carbons (Fsp3) is 0.360. The Morgan fingerprint density at radius 1 is 1.14 bits per heavy atom. The van der Waals surface area contributed by atoms with Gasteiger partial charge in [0.1, 0.15) is 11.5 Å². The average Bonchev–Trinajstić information content (AvgIpc) is 2.77. The average molecular weight is 389 g/mol. The monoisotopic (exact) mass is 389 g/mol. The van der Waals surface area contributed by atoms with Crippen molar-refractivity contribution in [2.24, 2.45) is 5.92 Å². The molecule has 0 amide bonds. The molecule has 29 heavy (non-hydrogen) atoms. The van der Waals surface area contributed by atoms with Crippen LogP contribution in [0.3, 0.4) is 0 Å². The molecule has 0 saturated heterocycles. The molecule has 2 aromatic carbocycles. The van der Waals surface area contributed by atoms with Crippen LogP contribution in [0.4, 0.5) is 0 Å². The first-order valence-corrected chi connectivity index (χ1v) is 10.3. The number of carbonyl (C=O) groups is 1. The van der Waals surface area contributed by atoms with Crippen LogP contribution in [-0.2, 0) is 4.79 Å². The van der Waals surface area contributed by atoms with Crippen molar-refractivity contribution in [1.82, 2.24) is 0 Å². The molecule has 0 spiro atoms. The number of hydrogen-bond acceptors (Lipinski definition) is 4. The number of methoxy groups -OCH3 is 1. The Morgan fingerprint density at radius 3 is 2.69 bits per heavy atom. The van der Waals surface area contributed by atoms with E-state index in [9.17, 15) is 10.1 Å². The van der Waals surface area contributed by atoms with Crippen LogP contribution < -0.4 is 9.47 Å². The summed E-state index contributed by atoms with van der Waals surface area (Å²) < 4.78 is 10.9. The minimum atomic E-state index is -0.193. The van der Waals surface area contributed by atoms with Crippen LogP contribution in [0.25, 0.3) is 11.6 Å². The van der Waals surface area contributed by atoms with Gasteiger partial charge in [-0.3, -0.25) is 4.79 Å². The number of esters is 1. The molecule has 1 aliphatic carbocycles. The molecule has 2 aromatic rings. The zero-order valence-corrected chi connectivity index (χ0v) is 16.9. The molecule has 0 atom stereocenters. The van der Waals surface area contributed by atoms with E-state index in [0.717, 1.165) is 17.5 Å². The summed E-state index contributed by atoms with van der Waals surface area (Å²) in [5, 5.41) is 9.61. The standard InChI is InChI=1S/C25H27NO3/c1-28-24-13-6-5-12-23(24)21(18-26)16-20-10-7-11-22(17-20)29-25(27)15-14-19-8-3-2-4-9-19/h5-7,10-13,16-17,19H,2-4,8-9,14-15H2,1H3/b21-16-. The number of benzene rings is 2. The predicted octanol–water partition coefficient (Wildman–Crippen LogP) is 6.03. The van der Waals surface area contributed by atoms with Crippen molar-refractivity contribution >= 4 is 17.6 Å². The number of carbonyl (C=O) groups excluding carboxylic acids is 1. The molecule has 4 nitrogen and oxygen atoms in total. The van der Waals surface area contributed by atoms with Crippen LogP contribution in [0.15, 0.2) is 48.5 Å². The highest BCUT2D eigenvalue weighted by atomic mass is 16.5. The molecule has 0 N–H and O–H groups in total. The van der Waals surface area contributed by atoms with Gasteiger partial charge in [0.15, 0.2) is 0 Å². The van der Waals surface area contributed by atoms with E-state index in [1.54, 1.807) is 25.3 Å². The topological polar surface area (TPSA) is 59.3 Å². The largest absolute Gasteiger partial charge is 0.496 e. The van der Waals surface area contributed by atoms with Gasteiger partial charge >= 0.3 is 5.97 Å². The highest BCUT2D eigenvalue weighted by Gasteiger charge is 2.16. The molecular weight excluding hydrogens is 362 g/mol. The van der Waals surface area contributed by atoms with Crippen LogP contribution in [0.1, 0.15) is 56.1 Å². The molecule has 0 aromatic heterocycles. The summed E-state index contributed by atoms with van der Waals surface area (Å²) in [5.74, 6) is 1.61. The minimum absolute atomic E-state index is 0.193. The van der Waals surface area contributed by atoms with Gasteiger partial charge in [-0.1, -0.05) is 56.4 Å². The van der Waals surface area contributed by atoms with Crippen molar-refractivity contribution in [2.45, 2.75) is 44.9 Å². The van der Waals surface area contributed by atoms with E-state index < -0.39 is 0 Å². The maximum absolute atomic E-state index is 12.2. The number of hydrogen-bond donors (Lipinski definition) is 0. The summed E-state index contributed by atoms with van der Waals surface area (Å²) in [7, 11) is 1.58. The second-order valence-electron chi connectivity index (χ2n) is 7.46. The SMILES string of the molecule is COc1ccccc1/C(C#N)=C\c1cccc(OC(=O)CCC2CCCCC2)c1. The van der Waals surface area contributed by atoms with Gasteiger partial charge in [-0.2, -0.15) is 5.26 Å². The lowest BCUT2D eigenvalue weighted by molar-refractivity contribution is -0.134. The third-order valence-corrected chi connectivity index (χ3v) is 5.40. The predicted molar refractivity (Wildman–Crippen MR) is 114 cm³/mol. The fourth-order valence-corrected chi connectivity index (χ4v) is 3.85. The van der Waals surface area contributed by atoms with Gasteiger partial charge in [-0.05, 0) is 48.2 Å². The summed E-state index contributed by atoms with van der Waals surface area (Å²) >= 11 is 0. The molecule has 150 valence electrons. The van der Waals surface area contributed by atoms with Crippen molar-refractivity contribution in [1.29, 1.82) is 5.26 Å². The second-order valence-corrected chi connectivity index (χ2v) is 7.46. The van der Waals surface area contributed by atoms with Gasteiger partial charge in [0.25, 0.3) is 0 Å². The lowest BCUT2D eigenvalue weighted by atomic mass is 9.86. The van der Waals surface area contributed by atoms with Crippen LogP contribution >= 0.6 is 0 Å². The molecule has 4 heteroatoms. The van der Waals surface area contributed by atoms with Crippen LogP contribution in [0.5, 0.6) is 11.5 Å².